The number of rotatable bonds is 2. The van der Waals surface area contributed by atoms with Crippen molar-refractivity contribution in [2.24, 2.45) is 5.29 Å². The van der Waals surface area contributed by atoms with E-state index in [1.807, 2.05) is 18.2 Å². The second-order valence-electron chi connectivity index (χ2n) is 1.57. The molecule has 0 atom stereocenters. The van der Waals surface area contributed by atoms with Gasteiger partial charge >= 0.3 is 0 Å². The molecule has 1 N–H and O–H groups in total. The summed E-state index contributed by atoms with van der Waals surface area (Å²) in [7, 11) is 0. The SMILES string of the molecule is O=NNc1ccccc1.[Al]. The number of hydrogen-bond acceptors (Lipinski definition) is 2. The minimum atomic E-state index is 0. The lowest BCUT2D eigenvalue weighted by Crippen LogP contribution is -1.82. The fourth-order valence-electron chi connectivity index (χ4n) is 0.565. The highest BCUT2D eigenvalue weighted by molar-refractivity contribution is 5.75. The van der Waals surface area contributed by atoms with Gasteiger partial charge in [-0.3, -0.25) is 0 Å². The van der Waals surface area contributed by atoms with Gasteiger partial charge in [-0.15, -0.1) is 4.91 Å². The molecule has 0 aliphatic rings. The first kappa shape index (κ1) is 9.15. The van der Waals surface area contributed by atoms with Crippen molar-refractivity contribution in [2.45, 2.75) is 0 Å². The normalized spacial score (nSPS) is 7.60. The number of anilines is 1. The van der Waals surface area contributed by atoms with Crippen LogP contribution in [0.15, 0.2) is 35.6 Å². The quantitative estimate of drug-likeness (QED) is 0.392. The van der Waals surface area contributed by atoms with Crippen molar-refractivity contribution < 1.29 is 0 Å². The molecule has 0 aromatic heterocycles. The molecule has 3 nitrogen and oxygen atoms in total. The van der Waals surface area contributed by atoms with Crippen LogP contribution in [0.3, 0.4) is 0 Å². The van der Waals surface area contributed by atoms with Gasteiger partial charge in [-0.1, -0.05) is 18.2 Å². The van der Waals surface area contributed by atoms with Crippen molar-refractivity contribution in [2.75, 3.05) is 5.43 Å². The van der Waals surface area contributed by atoms with Crippen LogP contribution in [0, 0.1) is 4.91 Å². The lowest BCUT2D eigenvalue weighted by atomic mass is 10.3. The average Bonchev–Trinajstić information content (AvgIpc) is 1.91. The minimum absolute atomic E-state index is 0. The topological polar surface area (TPSA) is 41.5 Å². The highest BCUT2D eigenvalue weighted by Gasteiger charge is 1.82. The van der Waals surface area contributed by atoms with E-state index < -0.39 is 0 Å². The van der Waals surface area contributed by atoms with Gasteiger partial charge in [0, 0.05) is 17.4 Å². The Balaban J connectivity index is 0.000000810. The summed E-state index contributed by atoms with van der Waals surface area (Å²) in [6, 6.07) is 9.06. The summed E-state index contributed by atoms with van der Waals surface area (Å²) < 4.78 is 0. The van der Waals surface area contributed by atoms with Crippen molar-refractivity contribution in [3.05, 3.63) is 35.2 Å². The summed E-state index contributed by atoms with van der Waals surface area (Å²) in [6.45, 7) is 0. The minimum Gasteiger partial charge on any atom is -0.242 e. The molecule has 0 amide bonds. The molecule has 1 aromatic carbocycles. The molecule has 3 radical (unpaired) electrons. The summed E-state index contributed by atoms with van der Waals surface area (Å²) >= 11 is 0. The monoisotopic (exact) mass is 149 g/mol. The number of hydrogen-bond donors (Lipinski definition) is 1. The van der Waals surface area contributed by atoms with Crippen molar-refractivity contribution >= 4 is 23.0 Å². The molecule has 1 aromatic rings. The first-order chi connectivity index (χ1) is 4.43. The molecule has 0 fully saturated rings. The lowest BCUT2D eigenvalue weighted by Gasteiger charge is -1.91. The zero-order valence-electron chi connectivity index (χ0n) is 5.32. The van der Waals surface area contributed by atoms with E-state index in [1.54, 1.807) is 12.1 Å². The lowest BCUT2D eigenvalue weighted by molar-refractivity contribution is 1.32. The van der Waals surface area contributed by atoms with Gasteiger partial charge in [-0.05, 0) is 12.1 Å². The zero-order chi connectivity index (χ0) is 6.53. The summed E-state index contributed by atoms with van der Waals surface area (Å²) in [4.78, 5) is 9.61. The zero-order valence-corrected chi connectivity index (χ0v) is 6.47. The second-order valence-corrected chi connectivity index (χ2v) is 1.57. The van der Waals surface area contributed by atoms with Crippen LogP contribution in [0.2, 0.25) is 0 Å². The van der Waals surface area contributed by atoms with Crippen LogP contribution >= 0.6 is 0 Å². The molecule has 0 saturated heterocycles. The molecule has 0 aliphatic carbocycles. The van der Waals surface area contributed by atoms with Crippen LogP contribution < -0.4 is 5.43 Å². The van der Waals surface area contributed by atoms with E-state index in [2.05, 4.69) is 10.7 Å². The molecule has 49 valence electrons. The smallest absolute Gasteiger partial charge is 0.0594 e. The summed E-state index contributed by atoms with van der Waals surface area (Å²) in [5.74, 6) is 0. The number of benzene rings is 1. The van der Waals surface area contributed by atoms with Crippen LogP contribution in [0.4, 0.5) is 5.69 Å². The second kappa shape index (κ2) is 4.98. The predicted molar refractivity (Wildman–Crippen MR) is 41.6 cm³/mol. The fourth-order valence-corrected chi connectivity index (χ4v) is 0.565. The molecule has 0 saturated carbocycles. The maximum absolute atomic E-state index is 9.61. The first-order valence-corrected chi connectivity index (χ1v) is 2.57. The highest BCUT2D eigenvalue weighted by Crippen LogP contribution is 2.03. The maximum Gasteiger partial charge on any atom is 0.0594 e. The Kier molecular flexibility index (Phi) is 4.56. The third kappa shape index (κ3) is 2.63. The Morgan fingerprint density at radius 3 is 2.30 bits per heavy atom. The van der Waals surface area contributed by atoms with Gasteiger partial charge in [0.25, 0.3) is 0 Å². The fraction of sp³-hybridized carbons (Fsp3) is 0. The maximum atomic E-state index is 9.61. The van der Waals surface area contributed by atoms with E-state index in [0.717, 1.165) is 0 Å². The van der Waals surface area contributed by atoms with Gasteiger partial charge in [0.1, 0.15) is 0 Å². The molecule has 0 aliphatic heterocycles. The summed E-state index contributed by atoms with van der Waals surface area (Å²) in [6.07, 6.45) is 0. The van der Waals surface area contributed by atoms with Gasteiger partial charge < -0.3 is 0 Å². The van der Waals surface area contributed by atoms with E-state index in [1.165, 1.54) is 0 Å². The van der Waals surface area contributed by atoms with Gasteiger partial charge in [0.15, 0.2) is 0 Å². The van der Waals surface area contributed by atoms with E-state index in [-0.39, 0.29) is 17.4 Å². The third-order valence-electron chi connectivity index (χ3n) is 0.949. The predicted octanol–water partition coefficient (Wildman–Crippen LogP) is 1.40. The molecule has 1 rings (SSSR count). The molecular formula is C6H6AlN2O. The van der Waals surface area contributed by atoms with Crippen LogP contribution in [0.25, 0.3) is 0 Å². The largest absolute Gasteiger partial charge is 0.242 e. The average molecular weight is 149 g/mol. The van der Waals surface area contributed by atoms with E-state index in [4.69, 9.17) is 0 Å². The highest BCUT2D eigenvalue weighted by atomic mass is 27.0. The Morgan fingerprint density at radius 1 is 1.20 bits per heavy atom. The first-order valence-electron chi connectivity index (χ1n) is 2.57. The van der Waals surface area contributed by atoms with Crippen molar-refractivity contribution in [3.63, 3.8) is 0 Å². The molecule has 0 unspecified atom stereocenters. The third-order valence-corrected chi connectivity index (χ3v) is 0.949. The van der Waals surface area contributed by atoms with Crippen LogP contribution in [0.1, 0.15) is 0 Å². The number of nitrogens with zero attached hydrogens (tertiary/aromatic N) is 1. The van der Waals surface area contributed by atoms with E-state index >= 15 is 0 Å². The molecule has 0 spiro atoms. The van der Waals surface area contributed by atoms with Crippen molar-refractivity contribution in [3.8, 4) is 0 Å². The summed E-state index contributed by atoms with van der Waals surface area (Å²) in [5, 5.41) is 2.51. The number of para-hydroxylation sites is 1. The number of nitrogens with one attached hydrogen (secondary N) is 1. The van der Waals surface area contributed by atoms with E-state index in [9.17, 15) is 4.91 Å². The molecule has 4 heteroatoms. The standard InChI is InChI=1S/C6H6N2O.Al/c9-8-7-6-4-2-1-3-5-6;/h1-5H,(H,7,9);. The Morgan fingerprint density at radius 2 is 1.80 bits per heavy atom. The van der Waals surface area contributed by atoms with Crippen molar-refractivity contribution in [1.29, 1.82) is 0 Å². The molecule has 0 bridgehead atoms. The van der Waals surface area contributed by atoms with Crippen LogP contribution in [0.5, 0.6) is 0 Å². The van der Waals surface area contributed by atoms with Gasteiger partial charge in [-0.25, -0.2) is 5.43 Å². The molecule has 10 heavy (non-hydrogen) atoms. The van der Waals surface area contributed by atoms with E-state index in [0.29, 0.717) is 5.69 Å². The molecule has 0 heterocycles. The van der Waals surface area contributed by atoms with Crippen LogP contribution in [-0.2, 0) is 0 Å². The van der Waals surface area contributed by atoms with Gasteiger partial charge in [0.05, 0.1) is 11.0 Å². The Labute approximate surface area is 69.5 Å². The Hall–Kier alpha value is -0.848. The Bertz CT molecular complexity index is 190. The van der Waals surface area contributed by atoms with Gasteiger partial charge in [-0.2, -0.15) is 0 Å². The number of nitroso groups, excluding NO2 is 1. The molecular weight excluding hydrogens is 143 g/mol. The van der Waals surface area contributed by atoms with Gasteiger partial charge in [0.2, 0.25) is 0 Å². The van der Waals surface area contributed by atoms with Crippen LogP contribution in [-0.4, -0.2) is 17.4 Å². The van der Waals surface area contributed by atoms with Crippen molar-refractivity contribution in [1.82, 2.24) is 0 Å². The summed E-state index contributed by atoms with van der Waals surface area (Å²) in [5.41, 5.74) is 2.99.